The van der Waals surface area contributed by atoms with E-state index in [1.165, 1.54) is 17.3 Å². The first kappa shape index (κ1) is 24.6. The number of anilines is 1. The third-order valence-electron chi connectivity index (χ3n) is 5.75. The average molecular weight is 602 g/mol. The fraction of sp³-hybridized carbons (Fsp3) is 0.154. The number of aromatic hydroxyl groups is 2. The molecule has 3 aromatic rings. The Balaban J connectivity index is 1.85. The highest BCUT2D eigenvalue weighted by atomic mass is 79.9. The number of hydrogen-bond donors (Lipinski definition) is 2. The van der Waals surface area contributed by atoms with Gasteiger partial charge < -0.3 is 10.2 Å². The van der Waals surface area contributed by atoms with Crippen molar-refractivity contribution in [2.24, 2.45) is 4.99 Å². The normalized spacial score (nSPS) is 16.2. The van der Waals surface area contributed by atoms with E-state index in [2.05, 4.69) is 31.9 Å². The maximum atomic E-state index is 13.6. The zero-order chi connectivity index (χ0) is 24.7. The van der Waals surface area contributed by atoms with E-state index < -0.39 is 0 Å². The number of phenolic OH excluding ortho intramolecular Hbond substituents is 2. The van der Waals surface area contributed by atoms with Crippen LogP contribution >= 0.6 is 43.6 Å². The van der Waals surface area contributed by atoms with E-state index in [9.17, 15) is 15.0 Å². The molecule has 0 spiro atoms. The fourth-order valence-electron chi connectivity index (χ4n) is 3.41. The lowest BCUT2D eigenvalue weighted by atomic mass is 10.1. The highest BCUT2D eigenvalue weighted by Crippen LogP contribution is 2.44. The van der Waals surface area contributed by atoms with Crippen LogP contribution < -0.4 is 4.90 Å². The standard InChI is InChI=1S/C26H22Br2N2O3S/c1-13-5-7-18(9-15(13)3)29-26-30(19-8-6-14(2)16(4)10-19)25(33)21(34-26)12-17-11-20(27)24(32)22(28)23(17)31/h5-12,31-32H,1-4H3/b21-12-,29-26?. The summed E-state index contributed by atoms with van der Waals surface area (Å²) in [7, 11) is 0. The Hall–Kier alpha value is -2.55. The summed E-state index contributed by atoms with van der Waals surface area (Å²) in [4.78, 5) is 20.4. The van der Waals surface area contributed by atoms with E-state index in [0.717, 1.165) is 28.1 Å². The molecule has 0 bridgehead atoms. The van der Waals surface area contributed by atoms with Crippen molar-refractivity contribution in [2.45, 2.75) is 27.7 Å². The molecule has 1 aliphatic heterocycles. The van der Waals surface area contributed by atoms with Crippen molar-refractivity contribution in [3.63, 3.8) is 0 Å². The van der Waals surface area contributed by atoms with Gasteiger partial charge in [0.15, 0.2) is 5.17 Å². The summed E-state index contributed by atoms with van der Waals surface area (Å²) in [6, 6.07) is 13.4. The Kier molecular flexibility index (Phi) is 6.94. The van der Waals surface area contributed by atoms with Gasteiger partial charge >= 0.3 is 0 Å². The Morgan fingerprint density at radius 2 is 1.53 bits per heavy atom. The number of nitrogens with zero attached hydrogens (tertiary/aromatic N) is 2. The summed E-state index contributed by atoms with van der Waals surface area (Å²) in [6.45, 7) is 8.11. The number of amides is 1. The summed E-state index contributed by atoms with van der Waals surface area (Å²) in [5, 5.41) is 21.1. The first-order valence-corrected chi connectivity index (χ1v) is 12.8. The molecule has 3 aromatic carbocycles. The van der Waals surface area contributed by atoms with Gasteiger partial charge in [-0.2, -0.15) is 0 Å². The molecule has 1 heterocycles. The summed E-state index contributed by atoms with van der Waals surface area (Å²) in [5.41, 5.74) is 6.37. The van der Waals surface area contributed by atoms with Crippen LogP contribution in [-0.4, -0.2) is 21.3 Å². The van der Waals surface area contributed by atoms with E-state index in [4.69, 9.17) is 4.99 Å². The molecule has 2 N–H and O–H groups in total. The number of carbonyl (C=O) groups excluding carboxylic acids is 1. The number of rotatable bonds is 3. The number of carbonyl (C=O) groups is 1. The van der Waals surface area contributed by atoms with E-state index in [1.807, 2.05) is 64.1 Å². The van der Waals surface area contributed by atoms with Gasteiger partial charge in [-0.25, -0.2) is 4.99 Å². The monoisotopic (exact) mass is 600 g/mol. The Labute approximate surface area is 219 Å². The molecule has 0 unspecified atom stereocenters. The lowest BCUT2D eigenvalue weighted by molar-refractivity contribution is -0.113. The number of aryl methyl sites for hydroxylation is 4. The van der Waals surface area contributed by atoms with Gasteiger partial charge in [0.05, 0.1) is 20.8 Å². The average Bonchev–Trinajstić information content (AvgIpc) is 3.09. The van der Waals surface area contributed by atoms with Crippen molar-refractivity contribution < 1.29 is 15.0 Å². The number of amidine groups is 1. The molecule has 4 rings (SSSR count). The van der Waals surface area contributed by atoms with Gasteiger partial charge in [-0.05, 0) is 130 Å². The molecule has 5 nitrogen and oxygen atoms in total. The highest BCUT2D eigenvalue weighted by Gasteiger charge is 2.35. The van der Waals surface area contributed by atoms with Crippen LogP contribution in [0.5, 0.6) is 11.5 Å². The zero-order valence-electron chi connectivity index (χ0n) is 19.0. The Morgan fingerprint density at radius 1 is 0.882 bits per heavy atom. The van der Waals surface area contributed by atoms with Gasteiger partial charge in [-0.1, -0.05) is 12.1 Å². The molecular formula is C26H22Br2N2O3S. The van der Waals surface area contributed by atoms with Crippen molar-refractivity contribution in [1.82, 2.24) is 0 Å². The second kappa shape index (κ2) is 9.60. The summed E-state index contributed by atoms with van der Waals surface area (Å²) < 4.78 is 0.550. The van der Waals surface area contributed by atoms with Crippen molar-refractivity contribution in [3.8, 4) is 11.5 Å². The van der Waals surface area contributed by atoms with Crippen LogP contribution in [-0.2, 0) is 4.79 Å². The van der Waals surface area contributed by atoms with Crippen LogP contribution in [0.4, 0.5) is 11.4 Å². The molecule has 1 amide bonds. The Bertz CT molecular complexity index is 1400. The van der Waals surface area contributed by atoms with Crippen molar-refractivity contribution in [2.75, 3.05) is 4.90 Å². The quantitative estimate of drug-likeness (QED) is 0.302. The predicted octanol–water partition coefficient (Wildman–Crippen LogP) is 7.67. The van der Waals surface area contributed by atoms with Crippen LogP contribution in [0.3, 0.4) is 0 Å². The van der Waals surface area contributed by atoms with Crippen molar-refractivity contribution >= 4 is 72.1 Å². The molecular weight excluding hydrogens is 580 g/mol. The molecule has 0 atom stereocenters. The molecule has 0 aliphatic carbocycles. The molecule has 0 radical (unpaired) electrons. The first-order valence-electron chi connectivity index (χ1n) is 10.4. The second-order valence-corrected chi connectivity index (χ2v) is 10.8. The van der Waals surface area contributed by atoms with E-state index in [-0.39, 0.29) is 21.9 Å². The van der Waals surface area contributed by atoms with Gasteiger partial charge in [0, 0.05) is 5.56 Å². The topological polar surface area (TPSA) is 73.1 Å². The smallest absolute Gasteiger partial charge is 0.271 e. The first-order chi connectivity index (χ1) is 16.1. The largest absolute Gasteiger partial charge is 0.506 e. The van der Waals surface area contributed by atoms with E-state index in [1.54, 1.807) is 17.0 Å². The lowest BCUT2D eigenvalue weighted by Gasteiger charge is -2.17. The third kappa shape index (κ3) is 4.67. The van der Waals surface area contributed by atoms with Gasteiger partial charge in [-0.3, -0.25) is 9.69 Å². The van der Waals surface area contributed by atoms with Crippen LogP contribution in [0.25, 0.3) is 6.08 Å². The third-order valence-corrected chi connectivity index (χ3v) is 8.08. The molecule has 1 saturated heterocycles. The van der Waals surface area contributed by atoms with Crippen LogP contribution in [0.1, 0.15) is 27.8 Å². The molecule has 174 valence electrons. The van der Waals surface area contributed by atoms with Gasteiger partial charge in [0.1, 0.15) is 16.0 Å². The molecule has 0 saturated carbocycles. The predicted molar refractivity (Wildman–Crippen MR) is 147 cm³/mol. The van der Waals surface area contributed by atoms with Crippen LogP contribution in [0.2, 0.25) is 0 Å². The maximum Gasteiger partial charge on any atom is 0.271 e. The molecule has 8 heteroatoms. The van der Waals surface area contributed by atoms with E-state index >= 15 is 0 Å². The van der Waals surface area contributed by atoms with Crippen molar-refractivity contribution in [1.29, 1.82) is 0 Å². The number of thioether (sulfide) groups is 1. The number of halogens is 2. The zero-order valence-corrected chi connectivity index (χ0v) is 23.0. The number of hydrogen-bond acceptors (Lipinski definition) is 5. The molecule has 0 aromatic heterocycles. The van der Waals surface area contributed by atoms with Gasteiger partial charge in [0.25, 0.3) is 5.91 Å². The molecule has 1 aliphatic rings. The van der Waals surface area contributed by atoms with Gasteiger partial charge in [0.2, 0.25) is 0 Å². The fourth-order valence-corrected chi connectivity index (χ4v) is 5.56. The number of phenols is 2. The molecule has 34 heavy (non-hydrogen) atoms. The summed E-state index contributed by atoms with van der Waals surface area (Å²) in [5.74, 6) is -0.506. The van der Waals surface area contributed by atoms with E-state index in [0.29, 0.717) is 20.1 Å². The van der Waals surface area contributed by atoms with Crippen molar-refractivity contribution in [3.05, 3.63) is 84.1 Å². The minimum Gasteiger partial charge on any atom is -0.506 e. The second-order valence-electron chi connectivity index (χ2n) is 8.14. The van der Waals surface area contributed by atoms with Crippen LogP contribution in [0.15, 0.2) is 61.3 Å². The maximum absolute atomic E-state index is 13.6. The summed E-state index contributed by atoms with van der Waals surface area (Å²) in [6.07, 6.45) is 1.61. The summed E-state index contributed by atoms with van der Waals surface area (Å²) >= 11 is 7.71. The minimum atomic E-state index is -0.240. The lowest BCUT2D eigenvalue weighted by Crippen LogP contribution is -2.28. The van der Waals surface area contributed by atoms with Gasteiger partial charge in [-0.15, -0.1) is 0 Å². The molecule has 1 fully saturated rings. The number of aliphatic imine (C=N–C) groups is 1. The number of benzene rings is 3. The minimum absolute atomic E-state index is 0.112. The Morgan fingerprint density at radius 3 is 2.18 bits per heavy atom. The highest BCUT2D eigenvalue weighted by molar-refractivity contribution is 9.11. The van der Waals surface area contributed by atoms with Crippen LogP contribution in [0, 0.1) is 27.7 Å². The SMILES string of the molecule is Cc1ccc(N=C2S/C(=C\c3cc(Br)c(O)c(Br)c3O)C(=O)N2c2ccc(C)c(C)c2)cc1C.